The topological polar surface area (TPSA) is 58.2 Å². The number of carbonyl (C=O) groups excluding carboxylic acids is 1. The van der Waals surface area contributed by atoms with Crippen molar-refractivity contribution in [1.82, 2.24) is 14.9 Å². The predicted octanol–water partition coefficient (Wildman–Crippen LogP) is 2.03. The Bertz CT molecular complexity index is 609. The summed E-state index contributed by atoms with van der Waals surface area (Å²) in [5.41, 5.74) is 2.06. The molecule has 1 aliphatic heterocycles. The van der Waals surface area contributed by atoms with E-state index >= 15 is 0 Å². The fourth-order valence-electron chi connectivity index (χ4n) is 2.19. The Kier molecular flexibility index (Phi) is 3.60. The predicted molar refractivity (Wildman–Crippen MR) is 74.7 cm³/mol. The van der Waals surface area contributed by atoms with Gasteiger partial charge in [-0.25, -0.2) is 4.98 Å². The average molecular weight is 292 g/mol. The Balaban J connectivity index is 1.56. The quantitative estimate of drug-likeness (QED) is 0.941. The van der Waals surface area contributed by atoms with Crippen molar-refractivity contribution in [3.63, 3.8) is 0 Å². The number of benzene rings is 1. The Morgan fingerprint density at radius 3 is 3.00 bits per heavy atom. The molecule has 0 aliphatic carbocycles. The Hall–Kier alpha value is -2.01. The van der Waals surface area contributed by atoms with Gasteiger partial charge in [0, 0.05) is 18.0 Å². The van der Waals surface area contributed by atoms with Crippen molar-refractivity contribution in [3.05, 3.63) is 47.0 Å². The molecule has 3 rings (SSSR count). The van der Waals surface area contributed by atoms with E-state index in [1.54, 1.807) is 35.5 Å². The van der Waals surface area contributed by atoms with Crippen molar-refractivity contribution >= 4 is 17.5 Å². The molecule has 5 nitrogen and oxygen atoms in total. The summed E-state index contributed by atoms with van der Waals surface area (Å²) < 4.78 is 5.47. The van der Waals surface area contributed by atoms with Crippen LogP contribution < -0.4 is 4.74 Å². The highest BCUT2D eigenvalue weighted by atomic mass is 35.5. The molecule has 0 radical (unpaired) electrons. The average Bonchev–Trinajstić information content (AvgIpc) is 2.93. The summed E-state index contributed by atoms with van der Waals surface area (Å²) in [4.78, 5) is 21.2. The highest BCUT2D eigenvalue weighted by molar-refractivity contribution is 6.30. The molecule has 0 spiro atoms. The molecule has 1 aromatic carbocycles. The first-order valence-electron chi connectivity index (χ1n) is 6.39. The van der Waals surface area contributed by atoms with Gasteiger partial charge in [0.2, 0.25) is 0 Å². The van der Waals surface area contributed by atoms with Crippen molar-refractivity contribution in [2.24, 2.45) is 0 Å². The molecule has 0 unspecified atom stereocenters. The summed E-state index contributed by atoms with van der Waals surface area (Å²) in [5.74, 6) is 0.613. The molecular weight excluding hydrogens is 278 g/mol. The van der Waals surface area contributed by atoms with Crippen LogP contribution in [0, 0.1) is 0 Å². The fourth-order valence-corrected chi connectivity index (χ4v) is 2.32. The van der Waals surface area contributed by atoms with E-state index in [0.29, 0.717) is 23.9 Å². The summed E-state index contributed by atoms with van der Waals surface area (Å²) in [6.45, 7) is 1.28. The molecule has 1 N–H and O–H groups in total. The summed E-state index contributed by atoms with van der Waals surface area (Å²) in [6, 6.07) is 6.97. The van der Waals surface area contributed by atoms with Gasteiger partial charge in [-0.1, -0.05) is 11.6 Å². The van der Waals surface area contributed by atoms with Crippen LogP contribution in [0.4, 0.5) is 0 Å². The summed E-state index contributed by atoms with van der Waals surface area (Å²) >= 11 is 5.79. The number of carbonyl (C=O) groups is 1. The number of halogens is 1. The largest absolute Gasteiger partial charge is 0.484 e. The molecule has 6 heteroatoms. The molecule has 1 aliphatic rings. The van der Waals surface area contributed by atoms with E-state index in [4.69, 9.17) is 16.3 Å². The highest BCUT2D eigenvalue weighted by Gasteiger charge is 2.22. The van der Waals surface area contributed by atoms with E-state index in [1.807, 2.05) is 0 Å². The van der Waals surface area contributed by atoms with Crippen molar-refractivity contribution in [2.45, 2.75) is 13.0 Å². The van der Waals surface area contributed by atoms with Crippen LogP contribution in [0.5, 0.6) is 5.75 Å². The van der Waals surface area contributed by atoms with Crippen molar-refractivity contribution in [2.75, 3.05) is 13.2 Å². The number of amides is 1. The molecule has 2 heterocycles. The zero-order valence-corrected chi connectivity index (χ0v) is 11.6. The number of H-pyrrole nitrogens is 1. The van der Waals surface area contributed by atoms with Gasteiger partial charge in [0.05, 0.1) is 24.3 Å². The molecule has 1 aromatic heterocycles. The van der Waals surface area contributed by atoms with Gasteiger partial charge in [-0.15, -0.1) is 0 Å². The molecule has 0 bridgehead atoms. The maximum absolute atomic E-state index is 12.1. The second-order valence-corrected chi connectivity index (χ2v) is 5.07. The van der Waals surface area contributed by atoms with Crippen molar-refractivity contribution in [1.29, 1.82) is 0 Å². The number of ether oxygens (including phenoxy) is 1. The number of hydrogen-bond donors (Lipinski definition) is 1. The van der Waals surface area contributed by atoms with Gasteiger partial charge in [0.15, 0.2) is 6.61 Å². The van der Waals surface area contributed by atoms with Crippen LogP contribution in [0.15, 0.2) is 30.6 Å². The van der Waals surface area contributed by atoms with Crippen LogP contribution in [0.1, 0.15) is 11.4 Å². The minimum Gasteiger partial charge on any atom is -0.484 e. The Morgan fingerprint density at radius 1 is 1.40 bits per heavy atom. The van der Waals surface area contributed by atoms with Crippen LogP contribution in [0.2, 0.25) is 5.02 Å². The first-order chi connectivity index (χ1) is 9.72. The van der Waals surface area contributed by atoms with Gasteiger partial charge < -0.3 is 14.6 Å². The molecule has 0 fully saturated rings. The van der Waals surface area contributed by atoms with Gasteiger partial charge in [0.1, 0.15) is 5.75 Å². The number of fused-ring (bicyclic) bond motifs is 1. The van der Waals surface area contributed by atoms with Crippen LogP contribution in [-0.4, -0.2) is 33.9 Å². The molecule has 2 aromatic rings. The highest BCUT2D eigenvalue weighted by Crippen LogP contribution is 2.17. The van der Waals surface area contributed by atoms with Crippen molar-refractivity contribution in [3.8, 4) is 5.75 Å². The second kappa shape index (κ2) is 5.54. The van der Waals surface area contributed by atoms with Crippen LogP contribution >= 0.6 is 11.6 Å². The standard InChI is InChI=1S/C14H14ClN3O2/c15-10-1-3-11(4-2-10)20-8-14(19)18-6-5-12-13(7-18)17-9-16-12/h1-4,9H,5-8H2,(H,16,17). The van der Waals surface area contributed by atoms with Crippen LogP contribution in [0.25, 0.3) is 0 Å². The Morgan fingerprint density at radius 2 is 2.20 bits per heavy atom. The number of nitrogens with one attached hydrogen (secondary N) is 1. The lowest BCUT2D eigenvalue weighted by Gasteiger charge is -2.26. The smallest absolute Gasteiger partial charge is 0.260 e. The number of hydrogen-bond acceptors (Lipinski definition) is 3. The Labute approximate surface area is 121 Å². The van der Waals surface area contributed by atoms with Crippen LogP contribution in [-0.2, 0) is 17.8 Å². The van der Waals surface area contributed by atoms with Gasteiger partial charge in [-0.3, -0.25) is 4.79 Å². The summed E-state index contributed by atoms with van der Waals surface area (Å²) in [6.07, 6.45) is 2.45. The number of aromatic amines is 1. The molecule has 0 saturated heterocycles. The van der Waals surface area contributed by atoms with E-state index in [0.717, 1.165) is 17.8 Å². The van der Waals surface area contributed by atoms with Gasteiger partial charge >= 0.3 is 0 Å². The van der Waals surface area contributed by atoms with E-state index < -0.39 is 0 Å². The maximum Gasteiger partial charge on any atom is 0.260 e. The summed E-state index contributed by atoms with van der Waals surface area (Å²) in [7, 11) is 0. The zero-order valence-electron chi connectivity index (χ0n) is 10.8. The van der Waals surface area contributed by atoms with E-state index in [-0.39, 0.29) is 12.5 Å². The lowest BCUT2D eigenvalue weighted by atomic mass is 10.1. The third-order valence-corrected chi connectivity index (χ3v) is 3.56. The molecule has 0 atom stereocenters. The minimum atomic E-state index is -0.0276. The summed E-state index contributed by atoms with van der Waals surface area (Å²) in [5, 5.41) is 0.645. The van der Waals surface area contributed by atoms with E-state index in [2.05, 4.69) is 9.97 Å². The number of nitrogens with zero attached hydrogens (tertiary/aromatic N) is 2. The zero-order chi connectivity index (χ0) is 13.9. The van der Waals surface area contributed by atoms with E-state index in [9.17, 15) is 4.79 Å². The second-order valence-electron chi connectivity index (χ2n) is 4.64. The first-order valence-corrected chi connectivity index (χ1v) is 6.77. The number of rotatable bonds is 3. The first kappa shape index (κ1) is 13.0. The van der Waals surface area contributed by atoms with Gasteiger partial charge in [0.25, 0.3) is 5.91 Å². The maximum atomic E-state index is 12.1. The number of imidazole rings is 1. The number of aromatic nitrogens is 2. The lowest BCUT2D eigenvalue weighted by Crippen LogP contribution is -2.38. The monoisotopic (exact) mass is 291 g/mol. The van der Waals surface area contributed by atoms with E-state index in [1.165, 1.54) is 0 Å². The molecule has 0 saturated carbocycles. The molecular formula is C14H14ClN3O2. The SMILES string of the molecule is O=C(COc1ccc(Cl)cc1)N1CCc2nc[nH]c2C1. The third-order valence-electron chi connectivity index (χ3n) is 3.30. The van der Waals surface area contributed by atoms with Crippen molar-refractivity contribution < 1.29 is 9.53 Å². The fraction of sp³-hybridized carbons (Fsp3) is 0.286. The van der Waals surface area contributed by atoms with Crippen LogP contribution in [0.3, 0.4) is 0 Å². The van der Waals surface area contributed by atoms with Gasteiger partial charge in [-0.05, 0) is 24.3 Å². The molecule has 20 heavy (non-hydrogen) atoms. The minimum absolute atomic E-state index is 0.0276. The third kappa shape index (κ3) is 2.77. The van der Waals surface area contributed by atoms with Gasteiger partial charge in [-0.2, -0.15) is 0 Å². The lowest BCUT2D eigenvalue weighted by molar-refractivity contribution is -0.134. The normalized spacial score (nSPS) is 13.9. The molecule has 104 valence electrons. The molecule has 1 amide bonds.